The maximum Gasteiger partial charge on any atom is 0.265 e. The average Bonchev–Trinajstić information content (AvgIpc) is 2.58. The summed E-state index contributed by atoms with van der Waals surface area (Å²) in [6, 6.07) is 7.66. The molecular weight excluding hydrogens is 419 g/mol. The number of ether oxygens (including phenoxy) is 1. The molecule has 0 saturated carbocycles. The van der Waals surface area contributed by atoms with Crippen LogP contribution >= 0.6 is 24.0 Å². The van der Waals surface area contributed by atoms with E-state index in [4.69, 9.17) is 4.74 Å². The number of benzene rings is 1. The Morgan fingerprint density at radius 2 is 2.08 bits per heavy atom. The minimum absolute atomic E-state index is 0. The highest BCUT2D eigenvalue weighted by molar-refractivity contribution is 14.0. The molecular formula is C17H27IN4O2. The second-order valence-electron chi connectivity index (χ2n) is 5.34. The van der Waals surface area contributed by atoms with Gasteiger partial charge >= 0.3 is 0 Å². The lowest BCUT2D eigenvalue weighted by molar-refractivity contribution is -0.121. The first-order valence-corrected chi connectivity index (χ1v) is 8.30. The van der Waals surface area contributed by atoms with E-state index in [2.05, 4.69) is 22.5 Å². The topological polar surface area (TPSA) is 66.0 Å². The Morgan fingerprint density at radius 3 is 2.83 bits per heavy atom. The van der Waals surface area contributed by atoms with Gasteiger partial charge in [-0.3, -0.25) is 9.79 Å². The molecule has 0 fully saturated rings. The van der Waals surface area contributed by atoms with Crippen molar-refractivity contribution in [3.8, 4) is 5.75 Å². The zero-order valence-corrected chi connectivity index (χ0v) is 16.7. The Hall–Kier alpha value is -1.51. The lowest BCUT2D eigenvalue weighted by Crippen LogP contribution is -2.42. The third kappa shape index (κ3) is 5.85. The van der Waals surface area contributed by atoms with Crippen LogP contribution in [0.3, 0.4) is 0 Å². The summed E-state index contributed by atoms with van der Waals surface area (Å²) in [5.74, 6) is 1.62. The lowest BCUT2D eigenvalue weighted by atomic mass is 10.2. The van der Waals surface area contributed by atoms with E-state index in [0.29, 0.717) is 6.54 Å². The van der Waals surface area contributed by atoms with Crippen LogP contribution in [0.4, 0.5) is 5.69 Å². The molecule has 0 aromatic heterocycles. The maximum absolute atomic E-state index is 12.1. The molecule has 0 unspecified atom stereocenters. The van der Waals surface area contributed by atoms with Gasteiger partial charge in [0.2, 0.25) is 0 Å². The van der Waals surface area contributed by atoms with Crippen LogP contribution < -0.4 is 20.3 Å². The van der Waals surface area contributed by atoms with Gasteiger partial charge in [-0.05, 0) is 31.9 Å². The third-order valence-electron chi connectivity index (χ3n) is 3.50. The number of para-hydroxylation sites is 2. The van der Waals surface area contributed by atoms with Crippen molar-refractivity contribution in [2.75, 3.05) is 37.7 Å². The molecule has 6 nitrogen and oxygen atoms in total. The first-order valence-electron chi connectivity index (χ1n) is 8.30. The quantitative estimate of drug-likeness (QED) is 0.292. The molecule has 1 aromatic carbocycles. The molecule has 0 spiro atoms. The summed E-state index contributed by atoms with van der Waals surface area (Å²) in [5, 5.41) is 6.52. The van der Waals surface area contributed by atoms with E-state index in [1.165, 1.54) is 0 Å². The zero-order valence-electron chi connectivity index (χ0n) is 14.4. The fourth-order valence-corrected chi connectivity index (χ4v) is 2.41. The number of guanidine groups is 1. The predicted octanol–water partition coefficient (Wildman–Crippen LogP) is 2.39. The summed E-state index contributed by atoms with van der Waals surface area (Å²) >= 11 is 0. The highest BCUT2D eigenvalue weighted by Crippen LogP contribution is 2.31. The number of anilines is 1. The fourth-order valence-electron chi connectivity index (χ4n) is 2.41. The van der Waals surface area contributed by atoms with Gasteiger partial charge in [-0.2, -0.15) is 0 Å². The third-order valence-corrected chi connectivity index (χ3v) is 3.50. The van der Waals surface area contributed by atoms with E-state index in [1.807, 2.05) is 31.2 Å². The normalized spacial score (nSPS) is 13.7. The van der Waals surface area contributed by atoms with E-state index in [-0.39, 0.29) is 36.5 Å². The summed E-state index contributed by atoms with van der Waals surface area (Å²) < 4.78 is 5.45. The van der Waals surface area contributed by atoms with Gasteiger partial charge in [-0.1, -0.05) is 19.1 Å². The van der Waals surface area contributed by atoms with Gasteiger partial charge in [0, 0.05) is 26.2 Å². The van der Waals surface area contributed by atoms with E-state index in [0.717, 1.165) is 49.9 Å². The minimum Gasteiger partial charge on any atom is -0.482 e. The summed E-state index contributed by atoms with van der Waals surface area (Å²) in [6.07, 6.45) is 1.87. The minimum atomic E-state index is 0. The number of hydrogen-bond donors (Lipinski definition) is 2. The Bertz CT molecular complexity index is 551. The number of hydrogen-bond acceptors (Lipinski definition) is 3. The largest absolute Gasteiger partial charge is 0.482 e. The number of nitrogens with one attached hydrogen (secondary N) is 2. The number of fused-ring (bicyclic) bond motifs is 1. The van der Waals surface area contributed by atoms with Gasteiger partial charge in [-0.15, -0.1) is 24.0 Å². The summed E-state index contributed by atoms with van der Waals surface area (Å²) in [7, 11) is 0. The van der Waals surface area contributed by atoms with Crippen LogP contribution in [-0.2, 0) is 4.79 Å². The standard InChI is InChI=1S/C17H26N4O2.HI/c1-3-10-19-17(18-4-2)20-11-7-12-21-14-8-5-6-9-15(14)23-13-16(21)22;/h5-6,8-9H,3-4,7,10-13H2,1-2H3,(H2,18,19,20);1H. The van der Waals surface area contributed by atoms with Gasteiger partial charge in [0.05, 0.1) is 5.69 Å². The highest BCUT2D eigenvalue weighted by atomic mass is 127. The van der Waals surface area contributed by atoms with Crippen LogP contribution in [0, 0.1) is 0 Å². The molecule has 0 saturated heterocycles. The molecule has 0 atom stereocenters. The molecule has 1 heterocycles. The summed E-state index contributed by atoms with van der Waals surface area (Å²) in [4.78, 5) is 18.3. The van der Waals surface area contributed by atoms with Crippen molar-refractivity contribution in [2.45, 2.75) is 26.7 Å². The van der Waals surface area contributed by atoms with Crippen molar-refractivity contribution in [3.05, 3.63) is 24.3 Å². The predicted molar refractivity (Wildman–Crippen MR) is 109 cm³/mol. The number of halogens is 1. The Labute approximate surface area is 161 Å². The molecule has 0 radical (unpaired) electrons. The first kappa shape index (κ1) is 20.5. The SMILES string of the molecule is CCCN=C(NCC)NCCCN1C(=O)COc2ccccc21.I. The van der Waals surface area contributed by atoms with Gasteiger partial charge in [0.25, 0.3) is 5.91 Å². The Kier molecular flexibility index (Phi) is 9.51. The molecule has 1 aliphatic rings. The van der Waals surface area contributed by atoms with Crippen LogP contribution in [0.15, 0.2) is 29.3 Å². The van der Waals surface area contributed by atoms with Crippen LogP contribution in [-0.4, -0.2) is 44.7 Å². The van der Waals surface area contributed by atoms with Gasteiger partial charge < -0.3 is 20.3 Å². The Morgan fingerprint density at radius 1 is 1.29 bits per heavy atom. The smallest absolute Gasteiger partial charge is 0.265 e. The number of carbonyl (C=O) groups is 1. The molecule has 0 bridgehead atoms. The Balaban J connectivity index is 0.00000288. The van der Waals surface area contributed by atoms with E-state index in [9.17, 15) is 4.79 Å². The second-order valence-corrected chi connectivity index (χ2v) is 5.34. The van der Waals surface area contributed by atoms with Crippen molar-refractivity contribution in [1.82, 2.24) is 10.6 Å². The molecule has 0 aliphatic carbocycles. The molecule has 2 N–H and O–H groups in total. The average molecular weight is 446 g/mol. The zero-order chi connectivity index (χ0) is 16.5. The van der Waals surface area contributed by atoms with Crippen molar-refractivity contribution < 1.29 is 9.53 Å². The van der Waals surface area contributed by atoms with E-state index in [1.54, 1.807) is 4.90 Å². The molecule has 1 amide bonds. The van der Waals surface area contributed by atoms with Gasteiger partial charge in [0.1, 0.15) is 5.75 Å². The molecule has 2 rings (SSSR count). The summed E-state index contributed by atoms with van der Waals surface area (Å²) in [6.45, 7) is 7.35. The van der Waals surface area contributed by atoms with Crippen molar-refractivity contribution in [3.63, 3.8) is 0 Å². The number of rotatable bonds is 7. The van der Waals surface area contributed by atoms with E-state index < -0.39 is 0 Å². The molecule has 134 valence electrons. The van der Waals surface area contributed by atoms with Crippen LogP contribution in [0.2, 0.25) is 0 Å². The molecule has 1 aliphatic heterocycles. The number of carbonyl (C=O) groups excluding carboxylic acids is 1. The maximum atomic E-state index is 12.1. The fraction of sp³-hybridized carbons (Fsp3) is 0.529. The summed E-state index contributed by atoms with van der Waals surface area (Å²) in [5.41, 5.74) is 0.857. The van der Waals surface area contributed by atoms with Crippen molar-refractivity contribution >= 4 is 41.5 Å². The van der Waals surface area contributed by atoms with Crippen molar-refractivity contribution in [1.29, 1.82) is 0 Å². The molecule has 1 aromatic rings. The number of amides is 1. The monoisotopic (exact) mass is 446 g/mol. The molecule has 7 heteroatoms. The van der Waals surface area contributed by atoms with Crippen LogP contribution in [0.5, 0.6) is 5.75 Å². The van der Waals surface area contributed by atoms with Gasteiger partial charge in [-0.25, -0.2) is 0 Å². The van der Waals surface area contributed by atoms with Crippen molar-refractivity contribution in [2.24, 2.45) is 4.99 Å². The lowest BCUT2D eigenvalue weighted by Gasteiger charge is -2.29. The first-order chi connectivity index (χ1) is 11.3. The van der Waals surface area contributed by atoms with Crippen LogP contribution in [0.25, 0.3) is 0 Å². The van der Waals surface area contributed by atoms with E-state index >= 15 is 0 Å². The number of aliphatic imine (C=N–C) groups is 1. The van der Waals surface area contributed by atoms with Gasteiger partial charge in [0.15, 0.2) is 12.6 Å². The highest BCUT2D eigenvalue weighted by Gasteiger charge is 2.24. The van der Waals surface area contributed by atoms with Crippen LogP contribution in [0.1, 0.15) is 26.7 Å². The number of nitrogens with zero attached hydrogens (tertiary/aromatic N) is 2. The second kappa shape index (κ2) is 11.1. The molecule has 24 heavy (non-hydrogen) atoms.